The van der Waals surface area contributed by atoms with Gasteiger partial charge in [-0.3, -0.25) is 4.79 Å². The average Bonchev–Trinajstić information content (AvgIpc) is 2.57. The highest BCUT2D eigenvalue weighted by Gasteiger charge is 2.06. The first-order chi connectivity index (χ1) is 10.7. The number of benzene rings is 2. The first-order valence-electron chi connectivity index (χ1n) is 6.94. The minimum absolute atomic E-state index is 0.0184. The lowest BCUT2D eigenvalue weighted by atomic mass is 10.1. The number of esters is 1. The van der Waals surface area contributed by atoms with Crippen LogP contribution in [-0.4, -0.2) is 17.6 Å². The summed E-state index contributed by atoms with van der Waals surface area (Å²) in [7, 11) is 1.35. The van der Waals surface area contributed by atoms with Crippen molar-refractivity contribution in [1.29, 1.82) is 0 Å². The summed E-state index contributed by atoms with van der Waals surface area (Å²) in [5.74, 6) is -0.366. The van der Waals surface area contributed by atoms with Crippen LogP contribution in [0.5, 0.6) is 0 Å². The lowest BCUT2D eigenvalue weighted by Crippen LogP contribution is -2.20. The van der Waals surface area contributed by atoms with Crippen LogP contribution in [0, 0.1) is 0 Å². The largest absolute Gasteiger partial charge is 0.465 e. The Bertz CT molecular complexity index is 879. The highest BCUT2D eigenvalue weighted by atomic mass is 16.5. The van der Waals surface area contributed by atoms with Crippen LogP contribution in [0.1, 0.15) is 15.9 Å². The molecule has 0 fully saturated rings. The molecule has 1 heterocycles. The number of carbonyl (C=O) groups excluding carboxylic acids is 1. The van der Waals surface area contributed by atoms with Crippen molar-refractivity contribution in [2.75, 3.05) is 7.11 Å². The molecule has 3 aromatic rings. The smallest absolute Gasteiger partial charge is 0.337 e. The van der Waals surface area contributed by atoms with Gasteiger partial charge in [-0.25, -0.2) is 4.79 Å². The molecule has 0 aliphatic rings. The summed E-state index contributed by atoms with van der Waals surface area (Å²) in [5, 5.41) is 1.64. The fourth-order valence-electron chi connectivity index (χ4n) is 2.42. The maximum Gasteiger partial charge on any atom is 0.337 e. The first-order valence-corrected chi connectivity index (χ1v) is 6.94. The molecule has 3 rings (SSSR count). The second-order valence-corrected chi connectivity index (χ2v) is 5.02. The Balaban J connectivity index is 1.92. The summed E-state index contributed by atoms with van der Waals surface area (Å²) < 4.78 is 6.33. The van der Waals surface area contributed by atoms with Crippen LogP contribution in [0.2, 0.25) is 0 Å². The van der Waals surface area contributed by atoms with Crippen LogP contribution in [0.15, 0.2) is 65.6 Å². The number of hydrogen-bond acceptors (Lipinski definition) is 3. The van der Waals surface area contributed by atoms with Crippen molar-refractivity contribution in [2.45, 2.75) is 6.54 Å². The minimum atomic E-state index is -0.366. The van der Waals surface area contributed by atoms with Gasteiger partial charge in [-0.1, -0.05) is 30.3 Å². The van der Waals surface area contributed by atoms with Gasteiger partial charge in [-0.15, -0.1) is 0 Å². The zero-order chi connectivity index (χ0) is 15.5. The number of nitrogens with zero attached hydrogens (tertiary/aromatic N) is 1. The van der Waals surface area contributed by atoms with E-state index in [2.05, 4.69) is 4.74 Å². The molecule has 0 N–H and O–H groups in total. The van der Waals surface area contributed by atoms with Gasteiger partial charge in [0.2, 0.25) is 0 Å². The molecule has 0 unspecified atom stereocenters. The fourth-order valence-corrected chi connectivity index (χ4v) is 2.42. The van der Waals surface area contributed by atoms with Gasteiger partial charge in [0.05, 0.1) is 19.2 Å². The Hall–Kier alpha value is -2.88. The zero-order valence-electron chi connectivity index (χ0n) is 12.2. The SMILES string of the molecule is COC(=O)c1ccc(Cn2ccc3ccccc3c2=O)cc1. The number of pyridine rings is 1. The van der Waals surface area contributed by atoms with Crippen LogP contribution in [0.4, 0.5) is 0 Å². The molecule has 110 valence electrons. The number of carbonyl (C=O) groups is 1. The second-order valence-electron chi connectivity index (χ2n) is 5.02. The monoisotopic (exact) mass is 293 g/mol. The van der Waals surface area contributed by atoms with E-state index in [9.17, 15) is 9.59 Å². The van der Waals surface area contributed by atoms with Crippen molar-refractivity contribution in [3.8, 4) is 0 Å². The van der Waals surface area contributed by atoms with E-state index in [0.717, 1.165) is 10.9 Å². The quantitative estimate of drug-likeness (QED) is 0.698. The van der Waals surface area contributed by atoms with E-state index >= 15 is 0 Å². The Morgan fingerprint density at radius 3 is 2.50 bits per heavy atom. The summed E-state index contributed by atoms with van der Waals surface area (Å²) in [6.45, 7) is 0.463. The maximum atomic E-state index is 12.4. The van der Waals surface area contributed by atoms with Crippen LogP contribution >= 0.6 is 0 Å². The van der Waals surface area contributed by atoms with Crippen LogP contribution < -0.4 is 5.56 Å². The summed E-state index contributed by atoms with van der Waals surface area (Å²) >= 11 is 0. The van der Waals surface area contributed by atoms with E-state index in [1.54, 1.807) is 22.9 Å². The number of fused-ring (bicyclic) bond motifs is 1. The van der Waals surface area contributed by atoms with Gasteiger partial charge in [0.1, 0.15) is 0 Å². The van der Waals surface area contributed by atoms with E-state index < -0.39 is 0 Å². The molecular weight excluding hydrogens is 278 g/mol. The van der Waals surface area contributed by atoms with E-state index in [-0.39, 0.29) is 11.5 Å². The summed E-state index contributed by atoms with van der Waals surface area (Å²) in [4.78, 5) is 23.8. The molecule has 2 aromatic carbocycles. The van der Waals surface area contributed by atoms with Gasteiger partial charge in [0.15, 0.2) is 0 Å². The summed E-state index contributed by atoms with van der Waals surface area (Å²) in [6, 6.07) is 16.5. The number of rotatable bonds is 3. The van der Waals surface area contributed by atoms with Gasteiger partial charge in [-0.2, -0.15) is 0 Å². The topological polar surface area (TPSA) is 48.3 Å². The number of aromatic nitrogens is 1. The summed E-state index contributed by atoms with van der Waals surface area (Å²) in [5.41, 5.74) is 1.43. The molecule has 0 amide bonds. The lowest BCUT2D eigenvalue weighted by Gasteiger charge is -2.08. The molecule has 0 aliphatic carbocycles. The Kier molecular flexibility index (Phi) is 3.74. The van der Waals surface area contributed by atoms with Gasteiger partial charge in [-0.05, 0) is 35.2 Å². The van der Waals surface area contributed by atoms with Crippen molar-refractivity contribution in [2.24, 2.45) is 0 Å². The van der Waals surface area contributed by atoms with E-state index in [1.807, 2.05) is 42.5 Å². The normalized spacial score (nSPS) is 10.6. The molecule has 4 heteroatoms. The molecule has 4 nitrogen and oxygen atoms in total. The van der Waals surface area contributed by atoms with E-state index in [0.29, 0.717) is 17.5 Å². The Morgan fingerprint density at radius 2 is 1.77 bits per heavy atom. The van der Waals surface area contributed by atoms with Crippen molar-refractivity contribution in [3.63, 3.8) is 0 Å². The second kappa shape index (κ2) is 5.85. The lowest BCUT2D eigenvalue weighted by molar-refractivity contribution is 0.0600. The number of hydrogen-bond donors (Lipinski definition) is 0. The van der Waals surface area contributed by atoms with Gasteiger partial charge in [0.25, 0.3) is 5.56 Å². The zero-order valence-corrected chi connectivity index (χ0v) is 12.2. The van der Waals surface area contributed by atoms with Gasteiger partial charge < -0.3 is 9.30 Å². The van der Waals surface area contributed by atoms with E-state index in [1.165, 1.54) is 7.11 Å². The predicted octanol–water partition coefficient (Wildman–Crippen LogP) is 2.84. The molecule has 0 radical (unpaired) electrons. The Labute approximate surface area is 127 Å². The number of methoxy groups -OCH3 is 1. The van der Waals surface area contributed by atoms with Crippen LogP contribution in [0.3, 0.4) is 0 Å². The van der Waals surface area contributed by atoms with Crippen molar-refractivity contribution >= 4 is 16.7 Å². The molecule has 22 heavy (non-hydrogen) atoms. The highest BCUT2D eigenvalue weighted by Crippen LogP contribution is 2.10. The molecule has 1 aromatic heterocycles. The third-order valence-electron chi connectivity index (χ3n) is 3.61. The maximum absolute atomic E-state index is 12.4. The highest BCUT2D eigenvalue weighted by molar-refractivity contribution is 5.89. The molecule has 0 spiro atoms. The van der Waals surface area contributed by atoms with Crippen molar-refractivity contribution in [1.82, 2.24) is 4.57 Å². The number of ether oxygens (including phenoxy) is 1. The molecule has 0 atom stereocenters. The molecule has 0 aliphatic heterocycles. The molecule has 0 saturated heterocycles. The first kappa shape index (κ1) is 14.1. The van der Waals surface area contributed by atoms with Crippen LogP contribution in [0.25, 0.3) is 10.8 Å². The summed E-state index contributed by atoms with van der Waals surface area (Å²) in [6.07, 6.45) is 1.79. The molecule has 0 saturated carbocycles. The van der Waals surface area contributed by atoms with Crippen molar-refractivity contribution < 1.29 is 9.53 Å². The molecule has 0 bridgehead atoms. The third-order valence-corrected chi connectivity index (χ3v) is 3.61. The fraction of sp³-hybridized carbons (Fsp3) is 0.111. The van der Waals surface area contributed by atoms with Crippen LogP contribution in [-0.2, 0) is 11.3 Å². The van der Waals surface area contributed by atoms with Crippen molar-refractivity contribution in [3.05, 3.63) is 82.3 Å². The Morgan fingerprint density at radius 1 is 1.05 bits per heavy atom. The average molecular weight is 293 g/mol. The predicted molar refractivity (Wildman–Crippen MR) is 85.1 cm³/mol. The molecular formula is C18H15NO3. The standard InChI is InChI=1S/C18H15NO3/c1-22-18(21)15-8-6-13(7-9-15)12-19-11-10-14-4-2-3-5-16(14)17(19)20/h2-11H,12H2,1H3. The van der Waals surface area contributed by atoms with Gasteiger partial charge >= 0.3 is 5.97 Å². The van der Waals surface area contributed by atoms with Gasteiger partial charge in [0, 0.05) is 11.6 Å². The van der Waals surface area contributed by atoms with E-state index in [4.69, 9.17) is 0 Å². The third kappa shape index (κ3) is 2.63. The minimum Gasteiger partial charge on any atom is -0.465 e.